The minimum absolute atomic E-state index is 0.132. The molecule has 0 unspecified atom stereocenters. The van der Waals surface area contributed by atoms with Crippen LogP contribution in [0.25, 0.3) is 0 Å². The number of amides is 3. The molecule has 102 valence electrons. The van der Waals surface area contributed by atoms with Crippen molar-refractivity contribution in [2.75, 3.05) is 6.54 Å². The summed E-state index contributed by atoms with van der Waals surface area (Å²) in [5.41, 5.74) is 0.844. The Morgan fingerprint density at radius 1 is 1.11 bits per heavy atom. The second-order valence-electron chi connectivity index (χ2n) is 4.84. The maximum Gasteiger partial charge on any atom is 0.325 e. The largest absolute Gasteiger partial charge is 0.325 e. The number of unbranched alkanes of at least 4 members (excludes halogenated alkanes) is 3. The zero-order valence-corrected chi connectivity index (χ0v) is 11.3. The van der Waals surface area contributed by atoms with E-state index in [1.165, 1.54) is 4.90 Å². The van der Waals surface area contributed by atoms with Gasteiger partial charge < -0.3 is 5.32 Å². The van der Waals surface area contributed by atoms with Crippen LogP contribution in [0, 0.1) is 0 Å². The first kappa shape index (κ1) is 13.6. The molecular formula is C15H20N2O2. The molecule has 2 rings (SSSR count). The summed E-state index contributed by atoms with van der Waals surface area (Å²) in [5.74, 6) is -0.132. The second-order valence-corrected chi connectivity index (χ2v) is 4.84. The summed E-state index contributed by atoms with van der Waals surface area (Å²) in [5, 5.41) is 2.75. The maximum atomic E-state index is 12.2. The Balaban J connectivity index is 1.97. The van der Waals surface area contributed by atoms with Crippen LogP contribution in [0.1, 0.15) is 44.2 Å². The summed E-state index contributed by atoms with van der Waals surface area (Å²) >= 11 is 0. The van der Waals surface area contributed by atoms with Gasteiger partial charge in [-0.1, -0.05) is 56.5 Å². The van der Waals surface area contributed by atoms with Gasteiger partial charge in [0.1, 0.15) is 6.04 Å². The molecule has 3 amide bonds. The summed E-state index contributed by atoms with van der Waals surface area (Å²) < 4.78 is 0. The summed E-state index contributed by atoms with van der Waals surface area (Å²) in [4.78, 5) is 25.4. The molecule has 1 N–H and O–H groups in total. The molecule has 1 heterocycles. The molecule has 1 aromatic carbocycles. The highest BCUT2D eigenvalue weighted by atomic mass is 16.2. The number of hydrogen-bond donors (Lipinski definition) is 1. The van der Waals surface area contributed by atoms with Crippen molar-refractivity contribution in [2.45, 2.75) is 38.6 Å². The topological polar surface area (TPSA) is 49.4 Å². The number of imide groups is 1. The molecule has 1 saturated heterocycles. The third-order valence-electron chi connectivity index (χ3n) is 3.39. The Bertz CT molecular complexity index is 445. The summed E-state index contributed by atoms with van der Waals surface area (Å²) in [7, 11) is 0. The van der Waals surface area contributed by atoms with Crippen molar-refractivity contribution in [1.29, 1.82) is 0 Å². The molecular weight excluding hydrogens is 240 g/mol. The summed E-state index contributed by atoms with van der Waals surface area (Å²) in [6, 6.07) is 8.59. The third-order valence-corrected chi connectivity index (χ3v) is 3.39. The summed E-state index contributed by atoms with van der Waals surface area (Å²) in [6.45, 7) is 2.66. The highest BCUT2D eigenvalue weighted by molar-refractivity contribution is 6.04. The number of carbonyl (C=O) groups is 2. The Labute approximate surface area is 113 Å². The first-order valence-electron chi connectivity index (χ1n) is 6.91. The Hall–Kier alpha value is -1.84. The minimum atomic E-state index is -0.514. The van der Waals surface area contributed by atoms with Crippen LogP contribution in [-0.2, 0) is 4.79 Å². The van der Waals surface area contributed by atoms with Crippen LogP contribution in [0.4, 0.5) is 4.79 Å². The highest BCUT2D eigenvalue weighted by Gasteiger charge is 2.38. The van der Waals surface area contributed by atoms with Crippen molar-refractivity contribution in [2.24, 2.45) is 0 Å². The van der Waals surface area contributed by atoms with Crippen molar-refractivity contribution in [3.05, 3.63) is 35.9 Å². The van der Waals surface area contributed by atoms with Crippen molar-refractivity contribution in [3.63, 3.8) is 0 Å². The lowest BCUT2D eigenvalue weighted by Gasteiger charge is -2.12. The fourth-order valence-electron chi connectivity index (χ4n) is 2.30. The van der Waals surface area contributed by atoms with Gasteiger partial charge in [0, 0.05) is 6.54 Å². The minimum Gasteiger partial charge on any atom is -0.322 e. The van der Waals surface area contributed by atoms with Gasteiger partial charge in [0.15, 0.2) is 0 Å². The molecule has 1 aliphatic heterocycles. The van der Waals surface area contributed by atoms with Gasteiger partial charge in [-0.05, 0) is 12.0 Å². The number of nitrogens with one attached hydrogen (secondary N) is 1. The smallest absolute Gasteiger partial charge is 0.322 e. The quantitative estimate of drug-likeness (QED) is 0.631. The van der Waals surface area contributed by atoms with Crippen LogP contribution in [0.15, 0.2) is 30.3 Å². The zero-order valence-electron chi connectivity index (χ0n) is 11.3. The number of rotatable bonds is 6. The molecule has 1 aliphatic rings. The van der Waals surface area contributed by atoms with E-state index in [4.69, 9.17) is 0 Å². The van der Waals surface area contributed by atoms with Gasteiger partial charge in [-0.3, -0.25) is 9.69 Å². The molecule has 4 heteroatoms. The normalized spacial score (nSPS) is 18.8. The van der Waals surface area contributed by atoms with Crippen LogP contribution >= 0.6 is 0 Å². The van der Waals surface area contributed by atoms with Gasteiger partial charge in [-0.15, -0.1) is 0 Å². The first-order valence-corrected chi connectivity index (χ1v) is 6.91. The SMILES string of the molecule is CCCCCCN1C(=O)N[C@@H](c2ccccc2)C1=O. The van der Waals surface area contributed by atoms with Crippen LogP contribution in [0.3, 0.4) is 0 Å². The van der Waals surface area contributed by atoms with E-state index in [9.17, 15) is 9.59 Å². The molecule has 0 aromatic heterocycles. The number of nitrogens with zero attached hydrogens (tertiary/aromatic N) is 1. The third kappa shape index (κ3) is 3.13. The molecule has 1 atom stereocenters. The number of carbonyl (C=O) groups excluding carboxylic acids is 2. The average molecular weight is 260 g/mol. The van der Waals surface area contributed by atoms with Gasteiger partial charge in [0.2, 0.25) is 0 Å². The van der Waals surface area contributed by atoms with Gasteiger partial charge in [0.25, 0.3) is 5.91 Å². The molecule has 0 radical (unpaired) electrons. The predicted octanol–water partition coefficient (Wildman–Crippen LogP) is 2.86. The van der Waals surface area contributed by atoms with Crippen molar-refractivity contribution in [3.8, 4) is 0 Å². The average Bonchev–Trinajstić information content (AvgIpc) is 2.72. The molecule has 4 nitrogen and oxygen atoms in total. The van der Waals surface area contributed by atoms with Gasteiger partial charge in [0.05, 0.1) is 0 Å². The number of urea groups is 1. The lowest BCUT2D eigenvalue weighted by atomic mass is 10.1. The fourth-order valence-corrected chi connectivity index (χ4v) is 2.30. The molecule has 0 saturated carbocycles. The lowest BCUT2D eigenvalue weighted by molar-refractivity contribution is -0.127. The van der Waals surface area contributed by atoms with E-state index in [0.717, 1.165) is 31.2 Å². The van der Waals surface area contributed by atoms with E-state index in [1.807, 2.05) is 30.3 Å². The van der Waals surface area contributed by atoms with E-state index in [1.54, 1.807) is 0 Å². The molecule has 0 bridgehead atoms. The molecule has 19 heavy (non-hydrogen) atoms. The number of hydrogen-bond acceptors (Lipinski definition) is 2. The maximum absolute atomic E-state index is 12.2. The fraction of sp³-hybridized carbons (Fsp3) is 0.467. The Morgan fingerprint density at radius 2 is 1.84 bits per heavy atom. The van der Waals surface area contributed by atoms with E-state index in [2.05, 4.69) is 12.2 Å². The zero-order chi connectivity index (χ0) is 13.7. The van der Waals surface area contributed by atoms with Crippen LogP contribution < -0.4 is 5.32 Å². The molecule has 1 fully saturated rings. The monoisotopic (exact) mass is 260 g/mol. The molecule has 1 aromatic rings. The van der Waals surface area contributed by atoms with Crippen molar-refractivity contribution < 1.29 is 9.59 Å². The van der Waals surface area contributed by atoms with Gasteiger partial charge >= 0.3 is 6.03 Å². The molecule has 0 spiro atoms. The van der Waals surface area contributed by atoms with Crippen LogP contribution in [0.5, 0.6) is 0 Å². The van der Waals surface area contributed by atoms with Gasteiger partial charge in [-0.25, -0.2) is 4.79 Å². The van der Waals surface area contributed by atoms with E-state index in [0.29, 0.717) is 6.54 Å². The second kappa shape index (κ2) is 6.36. The van der Waals surface area contributed by atoms with Crippen LogP contribution in [0.2, 0.25) is 0 Å². The van der Waals surface area contributed by atoms with Crippen molar-refractivity contribution >= 4 is 11.9 Å². The predicted molar refractivity (Wildman–Crippen MR) is 73.6 cm³/mol. The van der Waals surface area contributed by atoms with E-state index in [-0.39, 0.29) is 11.9 Å². The highest BCUT2D eigenvalue weighted by Crippen LogP contribution is 2.21. The lowest BCUT2D eigenvalue weighted by Crippen LogP contribution is -2.31. The Kier molecular flexibility index (Phi) is 4.55. The van der Waals surface area contributed by atoms with Gasteiger partial charge in [-0.2, -0.15) is 0 Å². The standard InChI is InChI=1S/C15H20N2O2/c1-2-3-4-8-11-17-14(18)13(16-15(17)19)12-9-6-5-7-10-12/h5-7,9-10,13H,2-4,8,11H2,1H3,(H,16,19)/t13-/m0/s1. The molecule has 0 aliphatic carbocycles. The first-order chi connectivity index (χ1) is 9.24. The number of benzene rings is 1. The Morgan fingerprint density at radius 3 is 2.53 bits per heavy atom. The van der Waals surface area contributed by atoms with Crippen LogP contribution in [-0.4, -0.2) is 23.4 Å². The van der Waals surface area contributed by atoms with E-state index < -0.39 is 6.04 Å². The van der Waals surface area contributed by atoms with E-state index >= 15 is 0 Å². The van der Waals surface area contributed by atoms with Crippen molar-refractivity contribution in [1.82, 2.24) is 10.2 Å². The summed E-state index contributed by atoms with van der Waals surface area (Å²) in [6.07, 6.45) is 4.23.